The fraction of sp³-hybridized carbons (Fsp3) is 0.200. The van der Waals surface area contributed by atoms with Gasteiger partial charge in [0.05, 0.1) is 58.9 Å². The van der Waals surface area contributed by atoms with E-state index in [2.05, 4.69) is 29.1 Å². The van der Waals surface area contributed by atoms with Crippen molar-refractivity contribution < 1.29 is 29.0 Å². The Morgan fingerprint density at radius 2 is 1.67 bits per heavy atom. The second-order valence-electron chi connectivity index (χ2n) is 10.9. The second-order valence-corrected chi connectivity index (χ2v) is 10.9. The minimum atomic E-state index is -1.22. The molecular formula is C35H33N5O6. The molecular weight excluding hydrogens is 586 g/mol. The molecule has 3 aromatic heterocycles. The number of nitrogens with one attached hydrogen (secondary N) is 1. The molecule has 0 bridgehead atoms. The predicted octanol–water partition coefficient (Wildman–Crippen LogP) is 5.69. The molecule has 0 fully saturated rings. The minimum absolute atomic E-state index is 0.0967. The molecule has 2 aromatic carbocycles. The predicted molar refractivity (Wildman–Crippen MR) is 173 cm³/mol. The van der Waals surface area contributed by atoms with E-state index in [9.17, 15) is 19.5 Å². The van der Waals surface area contributed by atoms with Crippen LogP contribution < -0.4 is 20.5 Å². The molecule has 2 amide bonds. The fourth-order valence-corrected chi connectivity index (χ4v) is 5.06. The van der Waals surface area contributed by atoms with E-state index in [-0.39, 0.29) is 22.5 Å². The topological polar surface area (TPSA) is 167 Å². The molecule has 0 aliphatic heterocycles. The number of carbonyl (C=O) groups excluding carboxylic acids is 2. The standard InChI is InChI=1S/C35H33N5O6/c1-20(2)14-17-46-32-24(8-6-11-28(32)45-3)34(42)39-22-13-12-21-18-25(35(43)44)31(40-27(21)19-22)29(26-10-4-5-15-37-26)30-23(33(36)41)9-7-16-38-30/h4-13,15-16,18-20,29H,14,17H2,1-3H3,(H2,36,41)(H,39,42)(H,43,44). The van der Waals surface area contributed by atoms with E-state index in [0.29, 0.717) is 51.9 Å². The molecule has 0 aliphatic rings. The van der Waals surface area contributed by atoms with Crippen LogP contribution in [-0.2, 0) is 0 Å². The number of hydrogen-bond donors (Lipinski definition) is 3. The number of carboxylic acids is 1. The van der Waals surface area contributed by atoms with Crippen molar-refractivity contribution in [2.75, 3.05) is 19.0 Å². The van der Waals surface area contributed by atoms with Crippen molar-refractivity contribution >= 4 is 34.4 Å². The minimum Gasteiger partial charge on any atom is -0.493 e. The second kappa shape index (κ2) is 13.9. The molecule has 0 aliphatic carbocycles. The van der Waals surface area contributed by atoms with Crippen molar-refractivity contribution in [3.8, 4) is 11.5 Å². The van der Waals surface area contributed by atoms with Gasteiger partial charge in [0, 0.05) is 23.5 Å². The Balaban J connectivity index is 1.59. The first kappa shape index (κ1) is 31.6. The van der Waals surface area contributed by atoms with E-state index in [1.165, 1.54) is 25.4 Å². The Labute approximate surface area is 265 Å². The fourth-order valence-electron chi connectivity index (χ4n) is 5.06. The third kappa shape index (κ3) is 6.78. The zero-order chi connectivity index (χ0) is 32.8. The summed E-state index contributed by atoms with van der Waals surface area (Å²) in [5, 5.41) is 13.7. The van der Waals surface area contributed by atoms with Crippen LogP contribution in [0.15, 0.2) is 85.2 Å². The number of amides is 2. The number of nitrogens with zero attached hydrogens (tertiary/aromatic N) is 3. The summed E-state index contributed by atoms with van der Waals surface area (Å²) in [6.07, 6.45) is 3.85. The van der Waals surface area contributed by atoms with Gasteiger partial charge in [0.1, 0.15) is 0 Å². The van der Waals surface area contributed by atoms with E-state index in [1.807, 2.05) is 0 Å². The number of ether oxygens (including phenoxy) is 2. The van der Waals surface area contributed by atoms with E-state index in [0.717, 1.165) is 6.42 Å². The van der Waals surface area contributed by atoms with Crippen molar-refractivity contribution in [3.63, 3.8) is 0 Å². The van der Waals surface area contributed by atoms with Gasteiger partial charge in [-0.1, -0.05) is 32.0 Å². The summed E-state index contributed by atoms with van der Waals surface area (Å²) in [4.78, 5) is 52.2. The molecule has 3 heterocycles. The van der Waals surface area contributed by atoms with E-state index in [4.69, 9.17) is 20.2 Å². The number of pyridine rings is 3. The Morgan fingerprint density at radius 1 is 0.891 bits per heavy atom. The smallest absolute Gasteiger partial charge is 0.337 e. The molecule has 0 saturated carbocycles. The Morgan fingerprint density at radius 3 is 2.37 bits per heavy atom. The lowest BCUT2D eigenvalue weighted by Crippen LogP contribution is -2.21. The van der Waals surface area contributed by atoms with E-state index >= 15 is 0 Å². The normalized spacial score (nSPS) is 11.7. The summed E-state index contributed by atoms with van der Waals surface area (Å²) in [6.45, 7) is 4.59. The molecule has 1 atom stereocenters. The molecule has 5 aromatic rings. The molecule has 1 unspecified atom stereocenters. The van der Waals surface area contributed by atoms with Crippen LogP contribution in [0.3, 0.4) is 0 Å². The number of methoxy groups -OCH3 is 1. The molecule has 11 heteroatoms. The molecule has 46 heavy (non-hydrogen) atoms. The van der Waals surface area contributed by atoms with E-state index in [1.54, 1.807) is 66.9 Å². The van der Waals surface area contributed by atoms with Crippen LogP contribution in [-0.4, -0.2) is 51.6 Å². The molecule has 5 rings (SSSR count). The van der Waals surface area contributed by atoms with Crippen molar-refractivity contribution in [1.29, 1.82) is 0 Å². The molecule has 234 valence electrons. The highest BCUT2D eigenvalue weighted by molar-refractivity contribution is 6.07. The Kier molecular flexibility index (Phi) is 9.51. The summed E-state index contributed by atoms with van der Waals surface area (Å²) < 4.78 is 11.5. The maximum absolute atomic E-state index is 13.5. The van der Waals surface area contributed by atoms with Gasteiger partial charge in [0.2, 0.25) is 0 Å². The van der Waals surface area contributed by atoms with Gasteiger partial charge in [-0.3, -0.25) is 24.5 Å². The average molecular weight is 620 g/mol. The number of hydrogen-bond acceptors (Lipinski definition) is 8. The van der Waals surface area contributed by atoms with Crippen molar-refractivity contribution in [2.45, 2.75) is 26.2 Å². The average Bonchev–Trinajstić information content (AvgIpc) is 3.05. The highest BCUT2D eigenvalue weighted by Gasteiger charge is 2.30. The lowest BCUT2D eigenvalue weighted by atomic mass is 9.89. The van der Waals surface area contributed by atoms with Crippen LogP contribution in [0.4, 0.5) is 5.69 Å². The molecule has 0 spiro atoms. The van der Waals surface area contributed by atoms with Gasteiger partial charge in [-0.15, -0.1) is 0 Å². The third-order valence-electron chi connectivity index (χ3n) is 7.35. The quantitative estimate of drug-likeness (QED) is 0.159. The largest absolute Gasteiger partial charge is 0.493 e. The zero-order valence-electron chi connectivity index (χ0n) is 25.6. The van der Waals surface area contributed by atoms with Crippen LogP contribution in [0.2, 0.25) is 0 Å². The summed E-state index contributed by atoms with van der Waals surface area (Å²) in [7, 11) is 1.51. The number of carboxylic acid groups (broad SMARTS) is 1. The number of aromatic nitrogens is 3. The molecule has 0 saturated heterocycles. The van der Waals surface area contributed by atoms with Crippen molar-refractivity contribution in [2.24, 2.45) is 11.7 Å². The summed E-state index contributed by atoms with van der Waals surface area (Å²) >= 11 is 0. The highest BCUT2D eigenvalue weighted by atomic mass is 16.5. The number of aromatic carboxylic acids is 1. The maximum Gasteiger partial charge on any atom is 0.337 e. The van der Waals surface area contributed by atoms with Gasteiger partial charge >= 0.3 is 5.97 Å². The van der Waals surface area contributed by atoms with Crippen LogP contribution in [0.1, 0.15) is 74.3 Å². The summed E-state index contributed by atoms with van der Waals surface area (Å²) in [5.74, 6) is -2.12. The van der Waals surface area contributed by atoms with Crippen LogP contribution in [0.5, 0.6) is 11.5 Å². The van der Waals surface area contributed by atoms with Crippen molar-refractivity contribution in [3.05, 3.63) is 119 Å². The first-order chi connectivity index (χ1) is 22.2. The first-order valence-electron chi connectivity index (χ1n) is 14.6. The van der Waals surface area contributed by atoms with Gasteiger partial charge in [0.15, 0.2) is 11.5 Å². The number of carbonyl (C=O) groups is 3. The van der Waals surface area contributed by atoms with Gasteiger partial charge in [-0.05, 0) is 66.9 Å². The Hall–Kier alpha value is -5.84. The Bertz CT molecular complexity index is 1910. The first-order valence-corrected chi connectivity index (χ1v) is 14.6. The number of fused-ring (bicyclic) bond motifs is 1. The van der Waals surface area contributed by atoms with Crippen LogP contribution in [0, 0.1) is 5.92 Å². The lowest BCUT2D eigenvalue weighted by Gasteiger charge is -2.20. The number of anilines is 1. The van der Waals surface area contributed by atoms with Crippen LogP contribution in [0.25, 0.3) is 10.9 Å². The van der Waals surface area contributed by atoms with Gasteiger partial charge in [-0.2, -0.15) is 0 Å². The number of para-hydroxylation sites is 1. The highest BCUT2D eigenvalue weighted by Crippen LogP contribution is 2.35. The maximum atomic E-state index is 13.5. The number of rotatable bonds is 12. The third-order valence-corrected chi connectivity index (χ3v) is 7.35. The number of nitrogens with two attached hydrogens (primary N) is 1. The molecule has 11 nitrogen and oxygen atoms in total. The SMILES string of the molecule is COc1cccc(C(=O)Nc2ccc3cc(C(=O)O)c(C(c4ccccn4)c4ncccc4C(N)=O)nc3c2)c1OCCC(C)C. The van der Waals surface area contributed by atoms with Gasteiger partial charge in [-0.25, -0.2) is 4.79 Å². The monoisotopic (exact) mass is 619 g/mol. The van der Waals surface area contributed by atoms with Crippen molar-refractivity contribution in [1.82, 2.24) is 15.0 Å². The zero-order valence-corrected chi connectivity index (χ0v) is 25.6. The number of primary amides is 1. The van der Waals surface area contributed by atoms with Gasteiger partial charge in [0.25, 0.3) is 11.8 Å². The molecule has 0 radical (unpaired) electrons. The summed E-state index contributed by atoms with van der Waals surface area (Å²) in [6, 6.07) is 19.8. The van der Waals surface area contributed by atoms with Gasteiger partial charge < -0.3 is 25.6 Å². The lowest BCUT2D eigenvalue weighted by molar-refractivity contribution is 0.0694. The van der Waals surface area contributed by atoms with Crippen LogP contribution >= 0.6 is 0 Å². The van der Waals surface area contributed by atoms with E-state index < -0.39 is 23.7 Å². The molecule has 4 N–H and O–H groups in total. The number of benzene rings is 2. The summed E-state index contributed by atoms with van der Waals surface area (Å²) in [5.41, 5.74) is 7.56.